The van der Waals surface area contributed by atoms with E-state index in [1.807, 2.05) is 0 Å². The summed E-state index contributed by atoms with van der Waals surface area (Å²) in [7, 11) is -4.90. The van der Waals surface area contributed by atoms with Crippen molar-refractivity contribution < 1.29 is 41.8 Å². The third-order valence-corrected chi connectivity index (χ3v) is 8.06. The van der Waals surface area contributed by atoms with Gasteiger partial charge in [-0.25, -0.2) is 14.2 Å². The van der Waals surface area contributed by atoms with E-state index in [0.29, 0.717) is 11.1 Å². The Kier molecular flexibility index (Phi) is 8.30. The highest BCUT2D eigenvalue weighted by Gasteiger charge is 2.54. The molecule has 11 heteroatoms. The number of carbonyl (C=O) groups is 2. The predicted octanol–water partition coefficient (Wildman–Crippen LogP) is 7.43. The minimum atomic E-state index is -4.90. The number of carboxylic acid groups (broad SMARTS) is 1. The number of rotatable bonds is 10. The first-order valence-corrected chi connectivity index (χ1v) is 13.6. The zero-order valence-corrected chi connectivity index (χ0v) is 22.0. The lowest BCUT2D eigenvalue weighted by Crippen LogP contribution is -2.22. The highest BCUT2D eigenvalue weighted by molar-refractivity contribution is 7.54. The van der Waals surface area contributed by atoms with Gasteiger partial charge in [-0.2, -0.15) is 8.78 Å². The number of halogens is 2. The molecule has 1 heterocycles. The van der Waals surface area contributed by atoms with Crippen LogP contribution in [-0.4, -0.2) is 34.9 Å². The van der Waals surface area contributed by atoms with Crippen molar-refractivity contribution in [3.8, 4) is 0 Å². The highest BCUT2D eigenvalue weighted by atomic mass is 31.2. The van der Waals surface area contributed by atoms with Crippen molar-refractivity contribution >= 4 is 30.6 Å². The van der Waals surface area contributed by atoms with Crippen LogP contribution in [0.3, 0.4) is 0 Å². The summed E-state index contributed by atoms with van der Waals surface area (Å²) < 4.78 is 59.9. The lowest BCUT2D eigenvalue weighted by Gasteiger charge is -2.26. The molecule has 8 nitrogen and oxygen atoms in total. The number of hydrogen-bond donors (Lipinski definition) is 1. The third kappa shape index (κ3) is 5.49. The summed E-state index contributed by atoms with van der Waals surface area (Å²) in [6.45, 7) is 2.27. The number of aromatic nitrogens is 1. The molecule has 0 amide bonds. The van der Waals surface area contributed by atoms with E-state index >= 15 is 8.78 Å². The molecule has 0 aliphatic rings. The lowest BCUT2D eigenvalue weighted by molar-refractivity contribution is 0.0362. The molecule has 0 fully saturated rings. The Morgan fingerprint density at radius 3 is 1.92 bits per heavy atom. The van der Waals surface area contributed by atoms with Crippen molar-refractivity contribution in [2.24, 2.45) is 0 Å². The molecule has 4 aromatic rings. The van der Waals surface area contributed by atoms with Crippen LogP contribution in [0.4, 0.5) is 13.6 Å². The molecule has 3 aromatic carbocycles. The molecule has 0 saturated carbocycles. The average molecular weight is 557 g/mol. The van der Waals surface area contributed by atoms with Crippen LogP contribution in [0.15, 0.2) is 84.9 Å². The van der Waals surface area contributed by atoms with Crippen LogP contribution in [0.1, 0.15) is 47.1 Å². The maximum atomic E-state index is 15.4. The maximum Gasteiger partial charge on any atom is 0.420 e. The van der Waals surface area contributed by atoms with Gasteiger partial charge in [-0.05, 0) is 43.2 Å². The normalized spacial score (nSPS) is 12.1. The highest BCUT2D eigenvalue weighted by Crippen LogP contribution is 2.66. The van der Waals surface area contributed by atoms with Gasteiger partial charge in [-0.15, -0.1) is 0 Å². The van der Waals surface area contributed by atoms with Crippen molar-refractivity contribution in [1.82, 2.24) is 4.57 Å². The summed E-state index contributed by atoms with van der Waals surface area (Å²) in [6, 6.07) is 21.9. The Balaban J connectivity index is 1.78. The fraction of sp³-hybridized carbons (Fsp3) is 0.214. The summed E-state index contributed by atoms with van der Waals surface area (Å²) in [4.78, 5) is 25.5. The van der Waals surface area contributed by atoms with Gasteiger partial charge in [0.15, 0.2) is 6.10 Å². The number of carbonyl (C=O) groups excluding carboxylic acids is 1. The van der Waals surface area contributed by atoms with E-state index in [2.05, 4.69) is 0 Å². The Morgan fingerprint density at radius 2 is 1.44 bits per heavy atom. The average Bonchev–Trinajstić information content (AvgIpc) is 3.32. The van der Waals surface area contributed by atoms with Gasteiger partial charge in [0.25, 0.3) is 0 Å². The van der Waals surface area contributed by atoms with Crippen LogP contribution in [-0.2, 0) is 24.0 Å². The number of fused-ring (bicyclic) bond motifs is 1. The van der Waals surface area contributed by atoms with E-state index in [4.69, 9.17) is 13.8 Å². The first-order chi connectivity index (χ1) is 18.6. The Hall–Kier alpha value is -3.85. The van der Waals surface area contributed by atoms with Gasteiger partial charge in [-0.1, -0.05) is 66.7 Å². The minimum Gasteiger partial charge on any atom is -0.477 e. The Morgan fingerprint density at radius 1 is 0.897 bits per heavy atom. The van der Waals surface area contributed by atoms with Crippen LogP contribution < -0.4 is 0 Å². The summed E-state index contributed by atoms with van der Waals surface area (Å²) in [6.07, 6.45) is -1.89. The van der Waals surface area contributed by atoms with Gasteiger partial charge in [0.2, 0.25) is 0 Å². The zero-order chi connectivity index (χ0) is 28.2. The first kappa shape index (κ1) is 28.2. The summed E-state index contributed by atoms with van der Waals surface area (Å²) in [5, 5.41) is 9.82. The molecule has 0 atom stereocenters. The quantitative estimate of drug-likeness (QED) is 0.202. The largest absolute Gasteiger partial charge is 0.477 e. The molecular weight excluding hydrogens is 531 g/mol. The molecule has 0 saturated heterocycles. The van der Waals surface area contributed by atoms with Crippen LogP contribution in [0, 0.1) is 0 Å². The third-order valence-electron chi connectivity index (χ3n) is 5.92. The molecule has 4 rings (SSSR count). The van der Waals surface area contributed by atoms with Crippen molar-refractivity contribution in [2.45, 2.75) is 25.6 Å². The monoisotopic (exact) mass is 557 g/mol. The van der Waals surface area contributed by atoms with Gasteiger partial charge < -0.3 is 18.9 Å². The van der Waals surface area contributed by atoms with Crippen LogP contribution in [0.25, 0.3) is 10.9 Å². The summed E-state index contributed by atoms with van der Waals surface area (Å²) >= 11 is 0. The molecule has 1 aromatic heterocycles. The zero-order valence-electron chi connectivity index (χ0n) is 21.1. The first-order valence-electron chi connectivity index (χ1n) is 12.1. The van der Waals surface area contributed by atoms with Crippen LogP contribution in [0.2, 0.25) is 0 Å². The predicted molar refractivity (Wildman–Crippen MR) is 140 cm³/mol. The SMILES string of the molecule is CCOP(=O)(OCC)C(F)(F)c1ccc2c(c1)cc(C(=O)O)n2C(=O)OC(c1ccccc1)c1ccccc1. The number of hydrogen-bond acceptors (Lipinski definition) is 6. The number of ether oxygens (including phenoxy) is 1. The number of carboxylic acids is 1. The molecule has 0 bridgehead atoms. The number of alkyl halides is 2. The smallest absolute Gasteiger partial charge is 0.420 e. The van der Waals surface area contributed by atoms with Crippen LogP contribution in [0.5, 0.6) is 0 Å². The topological polar surface area (TPSA) is 104 Å². The van der Waals surface area contributed by atoms with Crippen molar-refractivity contribution in [3.05, 3.63) is 107 Å². The Bertz CT molecular complexity index is 1470. The van der Waals surface area contributed by atoms with E-state index in [1.165, 1.54) is 13.8 Å². The molecule has 0 radical (unpaired) electrons. The second-order valence-electron chi connectivity index (χ2n) is 8.40. The van der Waals surface area contributed by atoms with Crippen molar-refractivity contribution in [3.63, 3.8) is 0 Å². The second kappa shape index (κ2) is 11.5. The van der Waals surface area contributed by atoms with Crippen molar-refractivity contribution in [2.75, 3.05) is 13.2 Å². The molecule has 39 heavy (non-hydrogen) atoms. The molecule has 0 aliphatic heterocycles. The van der Waals surface area contributed by atoms with Gasteiger partial charge in [0.1, 0.15) is 5.69 Å². The van der Waals surface area contributed by atoms with E-state index < -0.39 is 42.7 Å². The van der Waals surface area contributed by atoms with E-state index in [1.54, 1.807) is 60.7 Å². The van der Waals surface area contributed by atoms with Gasteiger partial charge in [0.05, 0.1) is 18.7 Å². The van der Waals surface area contributed by atoms with E-state index in [0.717, 1.165) is 28.8 Å². The van der Waals surface area contributed by atoms with Gasteiger partial charge >= 0.3 is 25.3 Å². The van der Waals surface area contributed by atoms with E-state index in [9.17, 15) is 19.3 Å². The molecular formula is C28H26F2NO7P. The van der Waals surface area contributed by atoms with Crippen LogP contribution >= 0.6 is 7.60 Å². The fourth-order valence-electron chi connectivity index (χ4n) is 4.19. The number of nitrogens with zero attached hydrogens (tertiary/aromatic N) is 1. The molecule has 204 valence electrons. The molecule has 0 unspecified atom stereocenters. The fourth-order valence-corrected chi connectivity index (χ4v) is 5.73. The number of benzene rings is 3. The molecule has 1 N–H and O–H groups in total. The maximum absolute atomic E-state index is 15.4. The molecule has 0 aliphatic carbocycles. The minimum absolute atomic E-state index is 0.00274. The number of aromatic carboxylic acids is 1. The Labute approximate surface area is 223 Å². The van der Waals surface area contributed by atoms with E-state index in [-0.39, 0.29) is 24.1 Å². The lowest BCUT2D eigenvalue weighted by atomic mass is 10.0. The van der Waals surface area contributed by atoms with Gasteiger partial charge in [0, 0.05) is 10.9 Å². The molecule has 0 spiro atoms. The second-order valence-corrected chi connectivity index (χ2v) is 10.5. The standard InChI is InChI=1S/C28H26F2NO7P/c1-3-36-39(35,37-4-2)28(29,30)22-15-16-23-21(17-22)18-24(26(32)33)31(23)27(34)38-25(19-11-7-5-8-12-19)20-13-9-6-10-14-20/h5-18,25H,3-4H2,1-2H3,(H,32,33). The summed E-state index contributed by atoms with van der Waals surface area (Å²) in [5.74, 6) is -1.47. The van der Waals surface area contributed by atoms with Gasteiger partial charge in [-0.3, -0.25) is 4.57 Å². The summed E-state index contributed by atoms with van der Waals surface area (Å²) in [5.41, 5.74) is -3.93. The van der Waals surface area contributed by atoms with Crippen molar-refractivity contribution in [1.29, 1.82) is 0 Å².